The Morgan fingerprint density at radius 1 is 1.12 bits per heavy atom. The Hall–Kier alpha value is -1.99. The highest BCUT2D eigenvalue weighted by Gasteiger charge is 2.38. The van der Waals surface area contributed by atoms with Crippen LogP contribution in [0.2, 0.25) is 0 Å². The van der Waals surface area contributed by atoms with E-state index in [9.17, 15) is 4.79 Å². The first kappa shape index (κ1) is 16.9. The third kappa shape index (κ3) is 3.14. The van der Waals surface area contributed by atoms with Crippen molar-refractivity contribution in [3.63, 3.8) is 0 Å². The van der Waals surface area contributed by atoms with Gasteiger partial charge in [-0.3, -0.25) is 4.79 Å². The molecule has 24 heavy (non-hydrogen) atoms. The largest absolute Gasteiger partial charge is 0.339 e. The van der Waals surface area contributed by atoms with Crippen LogP contribution < -0.4 is 5.32 Å². The van der Waals surface area contributed by atoms with Crippen LogP contribution in [0.4, 0.5) is 0 Å². The second-order valence-electron chi connectivity index (χ2n) is 6.52. The first-order chi connectivity index (χ1) is 11.3. The molecule has 1 aromatic carbocycles. The maximum atomic E-state index is 12.7. The van der Waals surface area contributed by atoms with Crippen LogP contribution in [0.25, 0.3) is 5.69 Å². The quantitative estimate of drug-likeness (QED) is 0.885. The molecule has 2 aliphatic rings. The highest BCUT2D eigenvalue weighted by Crippen LogP contribution is 2.37. The van der Waals surface area contributed by atoms with Gasteiger partial charge in [0.25, 0.3) is 5.91 Å². The lowest BCUT2D eigenvalue weighted by Crippen LogP contribution is -2.44. The summed E-state index contributed by atoms with van der Waals surface area (Å²) < 4.78 is 1.58. The predicted molar refractivity (Wildman–Crippen MR) is 91.5 cm³/mol. The molecule has 1 aromatic heterocycles. The Morgan fingerprint density at radius 3 is 2.46 bits per heavy atom. The Labute approximate surface area is 146 Å². The Balaban J connectivity index is 0.00000169. The van der Waals surface area contributed by atoms with Gasteiger partial charge in [0.15, 0.2) is 0 Å². The monoisotopic (exact) mass is 348 g/mol. The van der Waals surface area contributed by atoms with E-state index in [1.54, 1.807) is 4.68 Å². The summed E-state index contributed by atoms with van der Waals surface area (Å²) in [7, 11) is 0. The van der Waals surface area contributed by atoms with Crippen molar-refractivity contribution in [1.82, 2.24) is 30.4 Å². The molecule has 0 bridgehead atoms. The van der Waals surface area contributed by atoms with Crippen LogP contribution in [-0.4, -0.2) is 57.2 Å². The third-order valence-electron chi connectivity index (χ3n) is 5.17. The van der Waals surface area contributed by atoms with Crippen LogP contribution in [0.3, 0.4) is 0 Å². The summed E-state index contributed by atoms with van der Waals surface area (Å²) in [5.41, 5.74) is 2.00. The molecule has 8 heteroatoms. The van der Waals surface area contributed by atoms with Gasteiger partial charge >= 0.3 is 0 Å². The van der Waals surface area contributed by atoms with Gasteiger partial charge in [0.1, 0.15) is 6.33 Å². The first-order valence-electron chi connectivity index (χ1n) is 8.09. The van der Waals surface area contributed by atoms with Crippen molar-refractivity contribution in [3.05, 3.63) is 36.2 Å². The molecular weight excluding hydrogens is 328 g/mol. The van der Waals surface area contributed by atoms with E-state index in [1.165, 1.54) is 12.7 Å². The van der Waals surface area contributed by atoms with Crippen molar-refractivity contribution in [3.8, 4) is 5.69 Å². The molecule has 4 rings (SSSR count). The fourth-order valence-corrected chi connectivity index (χ4v) is 3.63. The zero-order chi connectivity index (χ0) is 15.7. The second kappa shape index (κ2) is 6.86. The average molecular weight is 349 g/mol. The molecule has 2 aliphatic heterocycles. The fourth-order valence-electron chi connectivity index (χ4n) is 3.63. The molecule has 7 nitrogen and oxygen atoms in total. The Morgan fingerprint density at radius 2 is 1.88 bits per heavy atom. The van der Waals surface area contributed by atoms with E-state index in [4.69, 9.17) is 0 Å². The van der Waals surface area contributed by atoms with Crippen LogP contribution >= 0.6 is 12.4 Å². The number of aromatic nitrogens is 4. The van der Waals surface area contributed by atoms with Crippen molar-refractivity contribution in [2.75, 3.05) is 26.2 Å². The number of carbonyl (C=O) groups excluding carboxylic acids is 1. The summed E-state index contributed by atoms with van der Waals surface area (Å²) in [5, 5.41) is 14.5. The topological polar surface area (TPSA) is 75.9 Å². The minimum absolute atomic E-state index is 0. The summed E-state index contributed by atoms with van der Waals surface area (Å²) in [6.45, 7) is 3.94. The van der Waals surface area contributed by atoms with Crippen LogP contribution in [0, 0.1) is 5.41 Å². The number of rotatable bonds is 2. The lowest BCUT2D eigenvalue weighted by atomic mass is 9.78. The van der Waals surface area contributed by atoms with Gasteiger partial charge < -0.3 is 10.2 Å². The standard InChI is InChI=1S/C16H20N6O.ClH/c23-15(21-9-6-16(7-10-21)5-8-17-11-16)13-1-3-14(4-2-13)22-12-18-19-20-22;/h1-4,12,17H,5-11H2;1H. The number of amides is 1. The number of nitrogens with one attached hydrogen (secondary N) is 1. The smallest absolute Gasteiger partial charge is 0.253 e. The fraction of sp³-hybridized carbons (Fsp3) is 0.500. The van der Waals surface area contributed by atoms with Gasteiger partial charge in [-0.1, -0.05) is 0 Å². The van der Waals surface area contributed by atoms with E-state index in [0.29, 0.717) is 5.41 Å². The van der Waals surface area contributed by atoms with E-state index in [1.807, 2.05) is 29.2 Å². The van der Waals surface area contributed by atoms with Crippen molar-refractivity contribution >= 4 is 18.3 Å². The number of benzene rings is 1. The number of carbonyl (C=O) groups is 1. The second-order valence-corrected chi connectivity index (χ2v) is 6.52. The van der Waals surface area contributed by atoms with Crippen LogP contribution in [0.15, 0.2) is 30.6 Å². The average Bonchev–Trinajstić information content (AvgIpc) is 3.28. The molecule has 2 aromatic rings. The third-order valence-corrected chi connectivity index (χ3v) is 5.17. The molecule has 1 N–H and O–H groups in total. The molecule has 0 saturated carbocycles. The molecule has 2 saturated heterocycles. The minimum Gasteiger partial charge on any atom is -0.339 e. The zero-order valence-corrected chi connectivity index (χ0v) is 14.2. The highest BCUT2D eigenvalue weighted by molar-refractivity contribution is 5.94. The van der Waals surface area contributed by atoms with E-state index in [-0.39, 0.29) is 18.3 Å². The molecule has 2 fully saturated rings. The van der Waals surface area contributed by atoms with Gasteiger partial charge in [-0.15, -0.1) is 17.5 Å². The van der Waals surface area contributed by atoms with Gasteiger partial charge in [0, 0.05) is 25.2 Å². The summed E-state index contributed by atoms with van der Waals surface area (Å²) in [5.74, 6) is 0.120. The summed E-state index contributed by atoms with van der Waals surface area (Å²) in [4.78, 5) is 14.6. The minimum atomic E-state index is 0. The van der Waals surface area contributed by atoms with Crippen LogP contribution in [0.1, 0.15) is 29.6 Å². The number of likely N-dealkylation sites (tertiary alicyclic amines) is 1. The Kier molecular flexibility index (Phi) is 4.82. The zero-order valence-electron chi connectivity index (χ0n) is 13.4. The molecule has 1 spiro atoms. The molecule has 3 heterocycles. The molecule has 128 valence electrons. The van der Waals surface area contributed by atoms with E-state index >= 15 is 0 Å². The van der Waals surface area contributed by atoms with Crippen molar-refractivity contribution in [2.24, 2.45) is 5.41 Å². The van der Waals surface area contributed by atoms with Gasteiger partial charge in [0.2, 0.25) is 0 Å². The summed E-state index contributed by atoms with van der Waals surface area (Å²) in [6.07, 6.45) is 5.00. The summed E-state index contributed by atoms with van der Waals surface area (Å²) in [6, 6.07) is 7.44. The van der Waals surface area contributed by atoms with Gasteiger partial charge in [-0.25, -0.2) is 4.68 Å². The highest BCUT2D eigenvalue weighted by atomic mass is 35.5. The van der Waals surface area contributed by atoms with Crippen LogP contribution in [0.5, 0.6) is 0 Å². The lowest BCUT2D eigenvalue weighted by molar-refractivity contribution is 0.0607. The molecule has 1 amide bonds. The van der Waals surface area contributed by atoms with Crippen LogP contribution in [-0.2, 0) is 0 Å². The number of nitrogens with zero attached hydrogens (tertiary/aromatic N) is 5. The maximum absolute atomic E-state index is 12.7. The van der Waals surface area contributed by atoms with Gasteiger partial charge in [-0.05, 0) is 65.9 Å². The number of hydrogen-bond donors (Lipinski definition) is 1. The molecular formula is C16H21ClN6O. The van der Waals surface area contributed by atoms with Gasteiger partial charge in [-0.2, -0.15) is 0 Å². The number of hydrogen-bond acceptors (Lipinski definition) is 5. The summed E-state index contributed by atoms with van der Waals surface area (Å²) >= 11 is 0. The number of halogens is 1. The van der Waals surface area contributed by atoms with E-state index in [0.717, 1.165) is 50.3 Å². The molecule has 0 atom stereocenters. The number of tetrazole rings is 1. The van der Waals surface area contributed by atoms with E-state index < -0.39 is 0 Å². The predicted octanol–water partition coefficient (Wildman–Crippen LogP) is 1.30. The lowest BCUT2D eigenvalue weighted by Gasteiger charge is -2.38. The van der Waals surface area contributed by atoms with Crippen molar-refractivity contribution in [2.45, 2.75) is 19.3 Å². The van der Waals surface area contributed by atoms with Crippen molar-refractivity contribution < 1.29 is 4.79 Å². The molecule has 0 radical (unpaired) electrons. The normalized spacial score (nSPS) is 19.2. The Bertz CT molecular complexity index is 671. The SMILES string of the molecule is Cl.O=C(c1ccc(-n2cnnn2)cc1)N1CCC2(CCNC2)CC1. The maximum Gasteiger partial charge on any atom is 0.253 e. The number of piperidine rings is 1. The molecule has 0 unspecified atom stereocenters. The molecule has 0 aliphatic carbocycles. The van der Waals surface area contributed by atoms with E-state index in [2.05, 4.69) is 20.8 Å². The van der Waals surface area contributed by atoms with Gasteiger partial charge in [0.05, 0.1) is 5.69 Å². The first-order valence-corrected chi connectivity index (χ1v) is 8.09. The van der Waals surface area contributed by atoms with Crippen molar-refractivity contribution in [1.29, 1.82) is 0 Å².